The first-order chi connectivity index (χ1) is 7.29. The van der Waals surface area contributed by atoms with E-state index in [9.17, 15) is 22.0 Å². The van der Waals surface area contributed by atoms with Gasteiger partial charge in [0.2, 0.25) is 5.82 Å². The van der Waals surface area contributed by atoms with E-state index in [2.05, 4.69) is 0 Å². The molecule has 90 valence electrons. The van der Waals surface area contributed by atoms with E-state index in [1.807, 2.05) is 0 Å². The van der Waals surface area contributed by atoms with Gasteiger partial charge in [-0.05, 0) is 6.92 Å². The number of benzene rings is 1. The van der Waals surface area contributed by atoms with Gasteiger partial charge in [-0.25, -0.2) is 22.0 Å². The Morgan fingerprint density at radius 3 is 1.38 bits per heavy atom. The van der Waals surface area contributed by atoms with Crippen molar-refractivity contribution in [3.05, 3.63) is 34.6 Å². The molecule has 0 aliphatic heterocycles. The third-order valence-corrected chi connectivity index (χ3v) is 2.49. The molecule has 2 unspecified atom stereocenters. The number of nitrogens with two attached hydrogens (primary N) is 1. The van der Waals surface area contributed by atoms with Crippen LogP contribution in [0, 0.1) is 29.1 Å². The van der Waals surface area contributed by atoms with Gasteiger partial charge in [-0.2, -0.15) is 0 Å². The lowest BCUT2D eigenvalue weighted by molar-refractivity contribution is 0.361. The standard InChI is InChI=1S/C10H10F5N/c1-3(4(2)16)5-6(11)8(13)10(15)9(14)7(5)12/h3-4H,16H2,1-2H3. The summed E-state index contributed by atoms with van der Waals surface area (Å²) in [6, 6.07) is -0.728. The number of rotatable bonds is 2. The number of halogens is 5. The zero-order valence-electron chi connectivity index (χ0n) is 8.62. The first-order valence-electron chi connectivity index (χ1n) is 4.55. The third kappa shape index (κ3) is 1.89. The van der Waals surface area contributed by atoms with Gasteiger partial charge in [-0.3, -0.25) is 0 Å². The van der Waals surface area contributed by atoms with Crippen LogP contribution in [0.2, 0.25) is 0 Å². The molecule has 6 heteroatoms. The Balaban J connectivity index is 3.51. The molecule has 0 heterocycles. The molecule has 0 aromatic heterocycles. The minimum atomic E-state index is -2.16. The van der Waals surface area contributed by atoms with E-state index in [4.69, 9.17) is 5.73 Å². The topological polar surface area (TPSA) is 26.0 Å². The maximum Gasteiger partial charge on any atom is 0.200 e. The Hall–Kier alpha value is -1.17. The quantitative estimate of drug-likeness (QED) is 0.479. The Bertz CT molecular complexity index is 387. The molecule has 2 N–H and O–H groups in total. The molecule has 0 bridgehead atoms. The molecule has 0 fully saturated rings. The highest BCUT2D eigenvalue weighted by Gasteiger charge is 2.29. The van der Waals surface area contributed by atoms with Gasteiger partial charge in [0, 0.05) is 17.5 Å². The largest absolute Gasteiger partial charge is 0.327 e. The van der Waals surface area contributed by atoms with Gasteiger partial charge in [0.25, 0.3) is 0 Å². The molecule has 0 radical (unpaired) electrons. The van der Waals surface area contributed by atoms with E-state index in [1.165, 1.54) is 13.8 Å². The molecular weight excluding hydrogens is 229 g/mol. The Morgan fingerprint density at radius 1 is 0.750 bits per heavy atom. The van der Waals surface area contributed by atoms with E-state index in [0.717, 1.165) is 0 Å². The van der Waals surface area contributed by atoms with E-state index in [-0.39, 0.29) is 0 Å². The van der Waals surface area contributed by atoms with Crippen molar-refractivity contribution in [1.29, 1.82) is 0 Å². The van der Waals surface area contributed by atoms with Crippen LogP contribution in [-0.4, -0.2) is 6.04 Å². The van der Waals surface area contributed by atoms with E-state index in [1.54, 1.807) is 0 Å². The molecule has 2 atom stereocenters. The van der Waals surface area contributed by atoms with Crippen LogP contribution in [-0.2, 0) is 0 Å². The van der Waals surface area contributed by atoms with Crippen molar-refractivity contribution < 1.29 is 22.0 Å². The molecule has 0 amide bonds. The van der Waals surface area contributed by atoms with Crippen LogP contribution >= 0.6 is 0 Å². The van der Waals surface area contributed by atoms with Crippen LogP contribution in [0.3, 0.4) is 0 Å². The van der Waals surface area contributed by atoms with Crippen molar-refractivity contribution in [2.24, 2.45) is 5.73 Å². The van der Waals surface area contributed by atoms with Crippen molar-refractivity contribution in [3.63, 3.8) is 0 Å². The van der Waals surface area contributed by atoms with Crippen molar-refractivity contribution >= 4 is 0 Å². The summed E-state index contributed by atoms with van der Waals surface area (Å²) in [6.45, 7) is 2.71. The summed E-state index contributed by atoms with van der Waals surface area (Å²) in [7, 11) is 0. The normalized spacial score (nSPS) is 15.0. The lowest BCUT2D eigenvalue weighted by atomic mass is 9.93. The van der Waals surface area contributed by atoms with Crippen molar-refractivity contribution in [2.75, 3.05) is 0 Å². The molecule has 0 aliphatic rings. The fourth-order valence-electron chi connectivity index (χ4n) is 1.28. The maximum absolute atomic E-state index is 13.2. The molecule has 0 spiro atoms. The Kier molecular flexibility index (Phi) is 3.52. The minimum absolute atomic E-state index is 0.728. The molecule has 1 aromatic rings. The Morgan fingerprint density at radius 2 is 1.06 bits per heavy atom. The van der Waals surface area contributed by atoms with E-state index in [0.29, 0.717) is 0 Å². The van der Waals surface area contributed by atoms with Crippen LogP contribution in [0.1, 0.15) is 25.3 Å². The van der Waals surface area contributed by atoms with Gasteiger partial charge in [-0.15, -0.1) is 0 Å². The SMILES string of the molecule is CC(N)C(C)c1c(F)c(F)c(F)c(F)c1F. The summed E-state index contributed by atoms with van der Waals surface area (Å²) in [5, 5.41) is 0. The predicted molar refractivity (Wildman–Crippen MR) is 48.3 cm³/mol. The number of hydrogen-bond donors (Lipinski definition) is 1. The molecule has 1 aromatic carbocycles. The van der Waals surface area contributed by atoms with Crippen LogP contribution in [0.25, 0.3) is 0 Å². The van der Waals surface area contributed by atoms with Gasteiger partial charge < -0.3 is 5.73 Å². The molecule has 1 nitrogen and oxygen atoms in total. The van der Waals surface area contributed by atoms with Gasteiger partial charge in [0.15, 0.2) is 23.3 Å². The van der Waals surface area contributed by atoms with E-state index >= 15 is 0 Å². The first-order valence-corrected chi connectivity index (χ1v) is 4.55. The predicted octanol–water partition coefficient (Wildman–Crippen LogP) is 2.83. The van der Waals surface area contributed by atoms with Crippen molar-refractivity contribution in [1.82, 2.24) is 0 Å². The summed E-state index contributed by atoms with van der Waals surface area (Å²) >= 11 is 0. The summed E-state index contributed by atoms with van der Waals surface area (Å²) < 4.78 is 64.8. The average Bonchev–Trinajstić information content (AvgIpc) is 2.23. The van der Waals surface area contributed by atoms with Crippen LogP contribution < -0.4 is 5.73 Å². The molecule has 0 saturated carbocycles. The van der Waals surface area contributed by atoms with Gasteiger partial charge in [-0.1, -0.05) is 6.92 Å². The number of hydrogen-bond acceptors (Lipinski definition) is 1. The third-order valence-electron chi connectivity index (χ3n) is 2.49. The maximum atomic E-state index is 13.2. The highest BCUT2D eigenvalue weighted by molar-refractivity contribution is 5.27. The summed E-state index contributed by atoms with van der Waals surface area (Å²) in [5.41, 5.74) is 4.50. The summed E-state index contributed by atoms with van der Waals surface area (Å²) in [6.07, 6.45) is 0. The highest BCUT2D eigenvalue weighted by atomic mass is 19.2. The monoisotopic (exact) mass is 239 g/mol. The zero-order valence-corrected chi connectivity index (χ0v) is 8.62. The average molecular weight is 239 g/mol. The van der Waals surface area contributed by atoms with Crippen molar-refractivity contribution in [3.8, 4) is 0 Å². The van der Waals surface area contributed by atoms with Crippen molar-refractivity contribution in [2.45, 2.75) is 25.8 Å². The lowest BCUT2D eigenvalue weighted by Gasteiger charge is -2.18. The minimum Gasteiger partial charge on any atom is -0.327 e. The molecule has 0 saturated heterocycles. The summed E-state index contributed by atoms with van der Waals surface area (Å²) in [5.74, 6) is -10.6. The second-order valence-corrected chi connectivity index (χ2v) is 3.63. The smallest absolute Gasteiger partial charge is 0.200 e. The fraction of sp³-hybridized carbons (Fsp3) is 0.400. The van der Waals surface area contributed by atoms with Gasteiger partial charge in [0.1, 0.15) is 0 Å². The summed E-state index contributed by atoms with van der Waals surface area (Å²) in [4.78, 5) is 0. The highest BCUT2D eigenvalue weighted by Crippen LogP contribution is 2.29. The first kappa shape index (κ1) is 12.9. The molecule has 16 heavy (non-hydrogen) atoms. The molecular formula is C10H10F5N. The van der Waals surface area contributed by atoms with Crippen LogP contribution in [0.4, 0.5) is 22.0 Å². The second kappa shape index (κ2) is 4.37. The fourth-order valence-corrected chi connectivity index (χ4v) is 1.28. The van der Waals surface area contributed by atoms with Crippen LogP contribution in [0.5, 0.6) is 0 Å². The molecule has 1 rings (SSSR count). The molecule has 0 aliphatic carbocycles. The van der Waals surface area contributed by atoms with E-state index < -0.39 is 46.6 Å². The zero-order chi connectivity index (χ0) is 12.6. The van der Waals surface area contributed by atoms with Gasteiger partial charge in [0.05, 0.1) is 0 Å². The van der Waals surface area contributed by atoms with Crippen LogP contribution in [0.15, 0.2) is 0 Å². The second-order valence-electron chi connectivity index (χ2n) is 3.63. The lowest BCUT2D eigenvalue weighted by Crippen LogP contribution is -2.25. The Labute approximate surface area is 89.1 Å². The van der Waals surface area contributed by atoms with Gasteiger partial charge >= 0.3 is 0 Å².